The van der Waals surface area contributed by atoms with Crippen molar-refractivity contribution in [1.29, 1.82) is 0 Å². The average molecular weight is 262 g/mol. The molecule has 3 nitrogen and oxygen atoms in total. The Hall–Kier alpha value is -1.20. The maximum atomic E-state index is 12.3. The predicted octanol–water partition coefficient (Wildman–Crippen LogP) is 3.08. The Labute approximate surface area is 107 Å². The van der Waals surface area contributed by atoms with Gasteiger partial charge in [-0.25, -0.2) is 4.98 Å². The van der Waals surface area contributed by atoms with Gasteiger partial charge in [-0.15, -0.1) is 23.5 Å². The van der Waals surface area contributed by atoms with Crippen molar-refractivity contribution in [3.05, 3.63) is 35.0 Å². The van der Waals surface area contributed by atoms with Gasteiger partial charge < -0.3 is 0 Å². The Morgan fingerprint density at radius 2 is 1.82 bits per heavy atom. The van der Waals surface area contributed by atoms with E-state index in [1.54, 1.807) is 16.3 Å². The number of carbonyl (C=O) groups is 1. The third-order valence-electron chi connectivity index (χ3n) is 2.78. The van der Waals surface area contributed by atoms with Gasteiger partial charge in [-0.1, -0.05) is 12.1 Å². The largest absolute Gasteiger partial charge is 0.271 e. The molecule has 5 heteroatoms. The number of thioether (sulfide) groups is 2. The van der Waals surface area contributed by atoms with Crippen LogP contribution in [0.2, 0.25) is 0 Å². The van der Waals surface area contributed by atoms with E-state index < -0.39 is 0 Å². The van der Waals surface area contributed by atoms with Gasteiger partial charge in [-0.2, -0.15) is 0 Å². The van der Waals surface area contributed by atoms with Gasteiger partial charge in [0.25, 0.3) is 5.91 Å². The Balaban J connectivity index is 2.35. The van der Waals surface area contributed by atoms with Crippen LogP contribution in [0.1, 0.15) is 10.6 Å². The molecular formula is C12H10N2OS2. The molecule has 0 aliphatic carbocycles. The van der Waals surface area contributed by atoms with Crippen LogP contribution in [-0.2, 0) is 0 Å². The number of hydrogen-bond acceptors (Lipinski definition) is 4. The zero-order valence-electron chi connectivity index (χ0n) is 9.43. The topological polar surface area (TPSA) is 34.9 Å². The summed E-state index contributed by atoms with van der Waals surface area (Å²) in [5, 5.41) is 0. The summed E-state index contributed by atoms with van der Waals surface area (Å²) in [6.07, 6.45) is 3.91. The van der Waals surface area contributed by atoms with Gasteiger partial charge >= 0.3 is 0 Å². The summed E-state index contributed by atoms with van der Waals surface area (Å²) in [7, 11) is 0. The zero-order valence-corrected chi connectivity index (χ0v) is 11.1. The van der Waals surface area contributed by atoms with Crippen LogP contribution >= 0.6 is 23.5 Å². The lowest BCUT2D eigenvalue weighted by molar-refractivity contribution is 0.0974. The molecule has 0 atom stereocenters. The predicted molar refractivity (Wildman–Crippen MR) is 74.3 cm³/mol. The lowest BCUT2D eigenvalue weighted by Crippen LogP contribution is -2.06. The minimum absolute atomic E-state index is 0.0468. The standard InChI is InChI=1S/C12H10N2OS2/c1-16-9-10(17-2)12(15)14-8-6-4-3-5-7(8)13-11(9)14/h3-6H,1-2H3. The van der Waals surface area contributed by atoms with E-state index >= 15 is 0 Å². The third kappa shape index (κ3) is 1.39. The van der Waals surface area contributed by atoms with Gasteiger partial charge in [0.05, 0.1) is 20.8 Å². The van der Waals surface area contributed by atoms with Gasteiger partial charge in [0, 0.05) is 0 Å². The lowest BCUT2D eigenvalue weighted by Gasteiger charge is -1.99. The number of para-hydroxylation sites is 2. The van der Waals surface area contributed by atoms with Gasteiger partial charge in [0.15, 0.2) is 5.82 Å². The van der Waals surface area contributed by atoms with Crippen LogP contribution in [0.3, 0.4) is 0 Å². The molecule has 0 unspecified atom stereocenters. The van der Waals surface area contributed by atoms with Crippen molar-refractivity contribution in [3.8, 4) is 0 Å². The molecule has 1 aromatic heterocycles. The molecule has 0 N–H and O–H groups in total. The minimum Gasteiger partial charge on any atom is -0.268 e. The molecule has 2 heterocycles. The molecule has 0 bridgehead atoms. The molecule has 0 spiro atoms. The SMILES string of the molecule is CSC1=C(SC)c2nc3ccccc3n2C1=O. The number of nitrogens with zero attached hydrogens (tertiary/aromatic N) is 2. The Morgan fingerprint density at radius 3 is 2.53 bits per heavy atom. The number of fused-ring (bicyclic) bond motifs is 3. The quantitative estimate of drug-likeness (QED) is 0.833. The van der Waals surface area contributed by atoms with Crippen molar-refractivity contribution in [2.24, 2.45) is 0 Å². The van der Waals surface area contributed by atoms with Crippen LogP contribution in [0.15, 0.2) is 29.2 Å². The molecule has 0 saturated heterocycles. The molecule has 86 valence electrons. The normalized spacial score (nSPS) is 14.8. The summed E-state index contributed by atoms with van der Waals surface area (Å²) < 4.78 is 1.72. The Kier molecular flexibility index (Phi) is 2.52. The van der Waals surface area contributed by atoms with Crippen molar-refractivity contribution in [3.63, 3.8) is 0 Å². The highest BCUT2D eigenvalue weighted by Gasteiger charge is 2.31. The molecule has 0 fully saturated rings. The summed E-state index contributed by atoms with van der Waals surface area (Å²) >= 11 is 3.07. The summed E-state index contributed by atoms with van der Waals surface area (Å²) in [5.41, 5.74) is 1.77. The van der Waals surface area contributed by atoms with E-state index in [1.807, 2.05) is 36.8 Å². The molecule has 2 aromatic rings. The molecule has 0 radical (unpaired) electrons. The summed E-state index contributed by atoms with van der Waals surface area (Å²) in [5.74, 6) is 0.832. The molecule has 3 rings (SSSR count). The first-order valence-corrected chi connectivity index (χ1v) is 7.57. The van der Waals surface area contributed by atoms with Crippen LogP contribution in [0.5, 0.6) is 0 Å². The number of hydrogen-bond donors (Lipinski definition) is 0. The fraction of sp³-hybridized carbons (Fsp3) is 0.167. The second-order valence-electron chi connectivity index (χ2n) is 3.63. The summed E-state index contributed by atoms with van der Waals surface area (Å²) in [4.78, 5) is 18.6. The van der Waals surface area contributed by atoms with Crippen LogP contribution < -0.4 is 0 Å². The van der Waals surface area contributed by atoms with Crippen molar-refractivity contribution in [1.82, 2.24) is 9.55 Å². The lowest BCUT2D eigenvalue weighted by atomic mass is 10.3. The zero-order chi connectivity index (χ0) is 12.0. The van der Waals surface area contributed by atoms with Crippen molar-refractivity contribution < 1.29 is 4.79 Å². The molecule has 1 aliphatic rings. The number of imidazole rings is 1. The number of rotatable bonds is 2. The fourth-order valence-corrected chi connectivity index (χ4v) is 3.68. The van der Waals surface area contributed by atoms with E-state index in [1.165, 1.54) is 11.8 Å². The second kappa shape index (κ2) is 3.92. The van der Waals surface area contributed by atoms with Crippen molar-refractivity contribution >= 4 is 45.4 Å². The van der Waals surface area contributed by atoms with E-state index in [2.05, 4.69) is 4.98 Å². The molecule has 0 amide bonds. The van der Waals surface area contributed by atoms with Crippen LogP contribution in [0.25, 0.3) is 15.9 Å². The van der Waals surface area contributed by atoms with Gasteiger partial charge in [-0.3, -0.25) is 9.36 Å². The molecule has 17 heavy (non-hydrogen) atoms. The third-order valence-corrected chi connectivity index (χ3v) is 4.49. The first-order chi connectivity index (χ1) is 8.27. The van der Waals surface area contributed by atoms with E-state index in [4.69, 9.17) is 0 Å². The number of aromatic nitrogens is 2. The van der Waals surface area contributed by atoms with E-state index in [0.717, 1.165) is 26.7 Å². The van der Waals surface area contributed by atoms with Crippen LogP contribution in [0, 0.1) is 0 Å². The van der Waals surface area contributed by atoms with Crippen molar-refractivity contribution in [2.75, 3.05) is 12.5 Å². The average Bonchev–Trinajstić information content (AvgIpc) is 2.84. The van der Waals surface area contributed by atoms with E-state index in [9.17, 15) is 4.79 Å². The van der Waals surface area contributed by atoms with E-state index in [0.29, 0.717) is 0 Å². The first-order valence-electron chi connectivity index (χ1n) is 5.12. The number of carbonyl (C=O) groups excluding carboxylic acids is 1. The summed E-state index contributed by atoms with van der Waals surface area (Å²) in [6, 6.07) is 7.74. The minimum atomic E-state index is 0.0468. The summed E-state index contributed by atoms with van der Waals surface area (Å²) in [6.45, 7) is 0. The number of benzene rings is 1. The molecular weight excluding hydrogens is 252 g/mol. The highest BCUT2D eigenvalue weighted by atomic mass is 32.2. The van der Waals surface area contributed by atoms with Crippen LogP contribution in [-0.4, -0.2) is 28.0 Å². The Morgan fingerprint density at radius 1 is 1.12 bits per heavy atom. The maximum Gasteiger partial charge on any atom is 0.271 e. The fourth-order valence-electron chi connectivity index (χ4n) is 2.05. The highest BCUT2D eigenvalue weighted by Crippen LogP contribution is 2.40. The highest BCUT2D eigenvalue weighted by molar-refractivity contribution is 8.10. The molecule has 1 aliphatic heterocycles. The van der Waals surface area contributed by atoms with Gasteiger partial charge in [-0.05, 0) is 24.6 Å². The van der Waals surface area contributed by atoms with Gasteiger partial charge in [0.2, 0.25) is 0 Å². The first kappa shape index (κ1) is 10.9. The van der Waals surface area contributed by atoms with Crippen molar-refractivity contribution in [2.45, 2.75) is 0 Å². The molecule has 0 saturated carbocycles. The maximum absolute atomic E-state index is 12.3. The Bertz CT molecular complexity index is 658. The molecule has 1 aromatic carbocycles. The van der Waals surface area contributed by atoms with Gasteiger partial charge in [0.1, 0.15) is 0 Å². The smallest absolute Gasteiger partial charge is 0.268 e. The monoisotopic (exact) mass is 262 g/mol. The van der Waals surface area contributed by atoms with E-state index in [-0.39, 0.29) is 5.91 Å². The van der Waals surface area contributed by atoms with Crippen LogP contribution in [0.4, 0.5) is 0 Å². The second-order valence-corrected chi connectivity index (χ2v) is 5.26. The number of allylic oxidation sites excluding steroid dienone is 1.